The minimum atomic E-state index is -0.568. The highest BCUT2D eigenvalue weighted by Crippen LogP contribution is 2.13. The zero-order valence-electron chi connectivity index (χ0n) is 10.7. The van der Waals surface area contributed by atoms with Crippen molar-refractivity contribution >= 4 is 17.7 Å². The van der Waals surface area contributed by atoms with Gasteiger partial charge in [-0.15, -0.1) is 0 Å². The Morgan fingerprint density at radius 1 is 1.53 bits per heavy atom. The van der Waals surface area contributed by atoms with Crippen LogP contribution >= 0.6 is 0 Å². The van der Waals surface area contributed by atoms with Crippen LogP contribution in [0.15, 0.2) is 0 Å². The molecule has 6 nitrogen and oxygen atoms in total. The molecule has 6 heteroatoms. The molecule has 0 radical (unpaired) electrons. The highest BCUT2D eigenvalue weighted by molar-refractivity contribution is 6.05. The fourth-order valence-corrected chi connectivity index (χ4v) is 1.91. The molecule has 0 bridgehead atoms. The summed E-state index contributed by atoms with van der Waals surface area (Å²) in [4.78, 5) is 37.6. The van der Waals surface area contributed by atoms with Gasteiger partial charge >= 0.3 is 0 Å². The number of hydrogen-bond acceptors (Lipinski definition) is 4. The molecule has 0 saturated carbocycles. The van der Waals surface area contributed by atoms with Crippen molar-refractivity contribution in [1.82, 2.24) is 15.1 Å². The van der Waals surface area contributed by atoms with Crippen LogP contribution in [0.5, 0.6) is 0 Å². The van der Waals surface area contributed by atoms with Crippen molar-refractivity contribution in [2.24, 2.45) is 0 Å². The molecule has 0 aromatic rings. The van der Waals surface area contributed by atoms with E-state index in [1.165, 1.54) is 9.80 Å². The fraction of sp³-hybridized carbons (Fsp3) is 0.727. The Balaban J connectivity index is 2.62. The number of amides is 3. The summed E-state index contributed by atoms with van der Waals surface area (Å²) in [5, 5.41) is 2.90. The Morgan fingerprint density at radius 2 is 2.12 bits per heavy atom. The molecule has 17 heavy (non-hydrogen) atoms. The van der Waals surface area contributed by atoms with Gasteiger partial charge < -0.3 is 4.90 Å². The number of imide groups is 1. The van der Waals surface area contributed by atoms with E-state index in [-0.39, 0.29) is 24.1 Å². The first-order valence-corrected chi connectivity index (χ1v) is 5.69. The summed E-state index contributed by atoms with van der Waals surface area (Å²) in [6.45, 7) is 3.83. The lowest BCUT2D eigenvalue weighted by molar-refractivity contribution is -0.138. The van der Waals surface area contributed by atoms with Gasteiger partial charge in [0, 0.05) is 20.6 Å². The number of carbonyl (C=O) groups excluding carboxylic acids is 3. The molecule has 1 fully saturated rings. The summed E-state index contributed by atoms with van der Waals surface area (Å²) in [5.41, 5.74) is 0. The number of nitrogens with one attached hydrogen (secondary N) is 1. The second-order valence-electron chi connectivity index (χ2n) is 4.35. The number of nitrogens with zero attached hydrogens (tertiary/aromatic N) is 2. The molecular weight excluding hydrogens is 222 g/mol. The van der Waals surface area contributed by atoms with E-state index < -0.39 is 12.1 Å². The first-order valence-electron chi connectivity index (χ1n) is 5.69. The van der Waals surface area contributed by atoms with Gasteiger partial charge in [0.1, 0.15) is 0 Å². The van der Waals surface area contributed by atoms with Crippen LogP contribution in [-0.2, 0) is 14.4 Å². The lowest BCUT2D eigenvalue weighted by Gasteiger charge is -2.20. The third-order valence-electron chi connectivity index (χ3n) is 2.82. The maximum absolute atomic E-state index is 11.8. The molecule has 1 N–H and O–H groups in total. The Bertz CT molecular complexity index is 341. The summed E-state index contributed by atoms with van der Waals surface area (Å²) in [6, 6.07) is -1.04. The zero-order chi connectivity index (χ0) is 13.2. The van der Waals surface area contributed by atoms with E-state index in [9.17, 15) is 14.4 Å². The Morgan fingerprint density at radius 3 is 2.53 bits per heavy atom. The summed E-state index contributed by atoms with van der Waals surface area (Å²) >= 11 is 0. The lowest BCUT2D eigenvalue weighted by atomic mass is 10.2. The van der Waals surface area contributed by atoms with Crippen LogP contribution in [-0.4, -0.2) is 60.2 Å². The van der Waals surface area contributed by atoms with Crippen molar-refractivity contribution in [3.63, 3.8) is 0 Å². The highest BCUT2D eigenvalue weighted by Gasteiger charge is 2.38. The number of likely N-dealkylation sites (N-methyl/N-ethyl adjacent to an activating group) is 2. The molecule has 1 aliphatic heterocycles. The van der Waals surface area contributed by atoms with E-state index in [0.717, 1.165) is 0 Å². The maximum Gasteiger partial charge on any atom is 0.246 e. The molecule has 0 aromatic carbocycles. The number of carbonyl (C=O) groups is 3. The Hall–Kier alpha value is -1.43. The third-order valence-corrected chi connectivity index (χ3v) is 2.82. The molecule has 2 atom stereocenters. The number of rotatable bonds is 4. The van der Waals surface area contributed by atoms with E-state index in [0.29, 0.717) is 6.54 Å². The normalized spacial score (nSPS) is 21.9. The summed E-state index contributed by atoms with van der Waals surface area (Å²) in [5.74, 6) is -0.532. The van der Waals surface area contributed by atoms with Crippen LogP contribution in [0.1, 0.15) is 20.3 Å². The monoisotopic (exact) mass is 241 g/mol. The first-order chi connectivity index (χ1) is 7.88. The lowest BCUT2D eigenvalue weighted by Crippen LogP contribution is -2.49. The third kappa shape index (κ3) is 2.82. The predicted molar refractivity (Wildman–Crippen MR) is 62.1 cm³/mol. The van der Waals surface area contributed by atoms with E-state index in [4.69, 9.17) is 0 Å². The average molecular weight is 241 g/mol. The van der Waals surface area contributed by atoms with Gasteiger partial charge in [0.2, 0.25) is 17.7 Å². The summed E-state index contributed by atoms with van der Waals surface area (Å²) in [6.07, 6.45) is 0.137. The van der Waals surface area contributed by atoms with Gasteiger partial charge in [-0.2, -0.15) is 0 Å². The van der Waals surface area contributed by atoms with Crippen molar-refractivity contribution < 1.29 is 14.4 Å². The zero-order valence-corrected chi connectivity index (χ0v) is 10.7. The predicted octanol–water partition coefficient (Wildman–Crippen LogP) is -0.800. The van der Waals surface area contributed by atoms with Gasteiger partial charge in [0.05, 0.1) is 18.5 Å². The van der Waals surface area contributed by atoms with Crippen LogP contribution in [0.2, 0.25) is 0 Å². The molecule has 3 amide bonds. The molecule has 1 rings (SSSR count). The minimum Gasteiger partial charge on any atom is -0.347 e. The maximum atomic E-state index is 11.8. The van der Waals surface area contributed by atoms with Gasteiger partial charge in [-0.1, -0.05) is 0 Å². The SMILES string of the molecule is CCN1C(=O)CC(NC(C)C(=O)N(C)C)C1=O. The van der Waals surface area contributed by atoms with Crippen molar-refractivity contribution in [3.8, 4) is 0 Å². The first kappa shape index (κ1) is 13.6. The molecule has 0 aromatic heterocycles. The standard InChI is InChI=1S/C11H19N3O3/c1-5-14-9(15)6-8(11(14)17)12-7(2)10(16)13(3)4/h7-8,12H,5-6H2,1-4H3. The Kier molecular flexibility index (Phi) is 4.22. The van der Waals surface area contributed by atoms with Crippen molar-refractivity contribution in [3.05, 3.63) is 0 Å². The second kappa shape index (κ2) is 5.27. The molecule has 1 saturated heterocycles. The fourth-order valence-electron chi connectivity index (χ4n) is 1.91. The summed E-state index contributed by atoms with van der Waals surface area (Å²) in [7, 11) is 3.31. The molecule has 0 spiro atoms. The average Bonchev–Trinajstić information content (AvgIpc) is 2.52. The topological polar surface area (TPSA) is 69.7 Å². The molecule has 2 unspecified atom stereocenters. The van der Waals surface area contributed by atoms with Crippen molar-refractivity contribution in [2.45, 2.75) is 32.4 Å². The van der Waals surface area contributed by atoms with Gasteiger partial charge in [0.25, 0.3) is 0 Å². The van der Waals surface area contributed by atoms with Crippen LogP contribution in [0.25, 0.3) is 0 Å². The second-order valence-corrected chi connectivity index (χ2v) is 4.35. The van der Waals surface area contributed by atoms with Crippen LogP contribution < -0.4 is 5.32 Å². The largest absolute Gasteiger partial charge is 0.347 e. The number of likely N-dealkylation sites (tertiary alicyclic amines) is 1. The van der Waals surface area contributed by atoms with E-state index in [1.807, 2.05) is 0 Å². The highest BCUT2D eigenvalue weighted by atomic mass is 16.2. The molecule has 96 valence electrons. The minimum absolute atomic E-state index is 0.111. The van der Waals surface area contributed by atoms with Crippen LogP contribution in [0.3, 0.4) is 0 Å². The van der Waals surface area contributed by atoms with E-state index in [2.05, 4.69) is 5.32 Å². The van der Waals surface area contributed by atoms with Gasteiger partial charge in [-0.25, -0.2) is 0 Å². The van der Waals surface area contributed by atoms with Gasteiger partial charge in [0.15, 0.2) is 0 Å². The molecular formula is C11H19N3O3. The quantitative estimate of drug-likeness (QED) is 0.654. The summed E-state index contributed by atoms with van der Waals surface area (Å²) < 4.78 is 0. The van der Waals surface area contributed by atoms with Crippen molar-refractivity contribution in [1.29, 1.82) is 0 Å². The molecule has 1 aliphatic rings. The van der Waals surface area contributed by atoms with E-state index >= 15 is 0 Å². The van der Waals surface area contributed by atoms with Gasteiger partial charge in [-0.05, 0) is 13.8 Å². The van der Waals surface area contributed by atoms with E-state index in [1.54, 1.807) is 27.9 Å². The number of hydrogen-bond donors (Lipinski definition) is 1. The Labute approximate surface area is 101 Å². The van der Waals surface area contributed by atoms with Crippen LogP contribution in [0.4, 0.5) is 0 Å². The van der Waals surface area contributed by atoms with Crippen molar-refractivity contribution in [2.75, 3.05) is 20.6 Å². The van der Waals surface area contributed by atoms with Gasteiger partial charge in [-0.3, -0.25) is 24.6 Å². The van der Waals surface area contributed by atoms with Crippen LogP contribution in [0, 0.1) is 0 Å². The smallest absolute Gasteiger partial charge is 0.246 e. The molecule has 0 aliphatic carbocycles. The molecule has 1 heterocycles.